The van der Waals surface area contributed by atoms with Crippen molar-refractivity contribution in [1.29, 1.82) is 0 Å². The molecule has 1 aliphatic heterocycles. The Balaban J connectivity index is 1.87. The molecule has 2 aliphatic rings. The summed E-state index contributed by atoms with van der Waals surface area (Å²) in [7, 11) is 0. The molecule has 1 saturated heterocycles. The Hall–Kier alpha value is -0.610. The summed E-state index contributed by atoms with van der Waals surface area (Å²) in [5.41, 5.74) is 0. The predicted molar refractivity (Wildman–Crippen MR) is 53.5 cm³/mol. The Morgan fingerprint density at radius 3 is 2.73 bits per heavy atom. The first-order chi connectivity index (χ1) is 7.31. The summed E-state index contributed by atoms with van der Waals surface area (Å²) in [6.45, 7) is 3.63. The molecular formula is C11H18O4. The number of rotatable bonds is 2. The van der Waals surface area contributed by atoms with Crippen molar-refractivity contribution in [3.8, 4) is 0 Å². The highest BCUT2D eigenvalue weighted by atomic mass is 16.6. The van der Waals surface area contributed by atoms with Gasteiger partial charge in [0.25, 0.3) is 0 Å². The molecule has 1 saturated carbocycles. The van der Waals surface area contributed by atoms with E-state index in [2.05, 4.69) is 0 Å². The molecule has 1 aliphatic carbocycles. The van der Waals surface area contributed by atoms with Gasteiger partial charge in [-0.25, -0.2) is 0 Å². The topological polar surface area (TPSA) is 44.8 Å². The number of hydrogen-bond donors (Lipinski definition) is 0. The van der Waals surface area contributed by atoms with Crippen molar-refractivity contribution in [2.45, 2.75) is 38.4 Å². The molecule has 0 aromatic rings. The van der Waals surface area contributed by atoms with Crippen LogP contribution in [-0.2, 0) is 19.0 Å². The van der Waals surface area contributed by atoms with Crippen molar-refractivity contribution >= 4 is 5.97 Å². The van der Waals surface area contributed by atoms with Crippen molar-refractivity contribution in [3.05, 3.63) is 0 Å². The van der Waals surface area contributed by atoms with E-state index in [0.717, 1.165) is 19.3 Å². The lowest BCUT2D eigenvalue weighted by Gasteiger charge is -2.37. The van der Waals surface area contributed by atoms with Crippen LogP contribution in [0.5, 0.6) is 0 Å². The number of carbonyl (C=O) groups is 1. The molecule has 0 bridgehead atoms. The molecule has 86 valence electrons. The van der Waals surface area contributed by atoms with E-state index in [4.69, 9.17) is 14.2 Å². The number of ether oxygens (including phenoxy) is 3. The van der Waals surface area contributed by atoms with E-state index in [1.807, 2.05) is 6.92 Å². The van der Waals surface area contributed by atoms with Gasteiger partial charge in [0.1, 0.15) is 0 Å². The fraction of sp³-hybridized carbons (Fsp3) is 0.909. The highest BCUT2D eigenvalue weighted by molar-refractivity contribution is 5.72. The van der Waals surface area contributed by atoms with Gasteiger partial charge in [-0.1, -0.05) is 0 Å². The van der Waals surface area contributed by atoms with E-state index < -0.39 is 0 Å². The van der Waals surface area contributed by atoms with Gasteiger partial charge in [-0.2, -0.15) is 0 Å². The Morgan fingerprint density at radius 1 is 1.27 bits per heavy atom. The van der Waals surface area contributed by atoms with Gasteiger partial charge < -0.3 is 14.2 Å². The third kappa shape index (κ3) is 2.49. The molecule has 0 amide bonds. The molecule has 2 fully saturated rings. The fourth-order valence-corrected chi connectivity index (χ4v) is 2.34. The normalized spacial score (nSPS) is 35.7. The maximum Gasteiger partial charge on any atom is 0.309 e. The SMILES string of the molecule is CCOC(=O)C1CCC2OCCOC2C1. The van der Waals surface area contributed by atoms with Gasteiger partial charge in [-0.3, -0.25) is 4.79 Å². The van der Waals surface area contributed by atoms with E-state index in [1.165, 1.54) is 0 Å². The maximum atomic E-state index is 11.6. The molecule has 3 unspecified atom stereocenters. The lowest BCUT2D eigenvalue weighted by molar-refractivity contribution is -0.174. The Kier molecular flexibility index (Phi) is 3.59. The summed E-state index contributed by atoms with van der Waals surface area (Å²) in [5, 5.41) is 0. The first kappa shape index (κ1) is 10.9. The summed E-state index contributed by atoms with van der Waals surface area (Å²) in [4.78, 5) is 11.6. The Bertz CT molecular complexity index is 229. The number of hydrogen-bond acceptors (Lipinski definition) is 4. The monoisotopic (exact) mass is 214 g/mol. The highest BCUT2D eigenvalue weighted by Gasteiger charge is 2.37. The van der Waals surface area contributed by atoms with E-state index in [-0.39, 0.29) is 24.1 Å². The van der Waals surface area contributed by atoms with Crippen LogP contribution in [0.4, 0.5) is 0 Å². The van der Waals surface area contributed by atoms with Crippen LogP contribution in [0.25, 0.3) is 0 Å². The number of fused-ring (bicyclic) bond motifs is 1. The first-order valence-corrected chi connectivity index (χ1v) is 5.71. The second-order valence-electron chi connectivity index (χ2n) is 4.08. The molecule has 4 nitrogen and oxygen atoms in total. The molecule has 0 aromatic heterocycles. The van der Waals surface area contributed by atoms with Gasteiger partial charge in [-0.15, -0.1) is 0 Å². The van der Waals surface area contributed by atoms with Gasteiger partial charge in [0.15, 0.2) is 0 Å². The second kappa shape index (κ2) is 4.94. The molecular weight excluding hydrogens is 196 g/mol. The first-order valence-electron chi connectivity index (χ1n) is 5.71. The zero-order valence-corrected chi connectivity index (χ0v) is 9.11. The van der Waals surface area contributed by atoms with Crippen LogP contribution in [0.2, 0.25) is 0 Å². The zero-order valence-electron chi connectivity index (χ0n) is 9.11. The largest absolute Gasteiger partial charge is 0.466 e. The molecule has 0 spiro atoms. The van der Waals surface area contributed by atoms with Crippen molar-refractivity contribution in [2.75, 3.05) is 19.8 Å². The molecule has 1 heterocycles. The lowest BCUT2D eigenvalue weighted by atomic mass is 9.85. The highest BCUT2D eigenvalue weighted by Crippen LogP contribution is 2.31. The summed E-state index contributed by atoms with van der Waals surface area (Å²) >= 11 is 0. The fourth-order valence-electron chi connectivity index (χ4n) is 2.34. The second-order valence-corrected chi connectivity index (χ2v) is 4.08. The van der Waals surface area contributed by atoms with Crippen LogP contribution < -0.4 is 0 Å². The predicted octanol–water partition coefficient (Wildman–Crippen LogP) is 1.13. The van der Waals surface area contributed by atoms with Gasteiger partial charge in [-0.05, 0) is 26.2 Å². The van der Waals surface area contributed by atoms with Crippen LogP contribution >= 0.6 is 0 Å². The molecule has 0 N–H and O–H groups in total. The maximum absolute atomic E-state index is 11.6. The minimum atomic E-state index is -0.0786. The van der Waals surface area contributed by atoms with Crippen LogP contribution in [0.3, 0.4) is 0 Å². The van der Waals surface area contributed by atoms with Gasteiger partial charge in [0, 0.05) is 0 Å². The third-order valence-electron chi connectivity index (χ3n) is 3.10. The quantitative estimate of drug-likeness (QED) is 0.646. The van der Waals surface area contributed by atoms with E-state index >= 15 is 0 Å². The van der Waals surface area contributed by atoms with E-state index in [9.17, 15) is 4.79 Å². The Morgan fingerprint density at radius 2 is 2.00 bits per heavy atom. The smallest absolute Gasteiger partial charge is 0.309 e. The summed E-state index contributed by atoms with van der Waals surface area (Å²) in [5.74, 6) is -0.0713. The minimum Gasteiger partial charge on any atom is -0.466 e. The van der Waals surface area contributed by atoms with Crippen molar-refractivity contribution in [3.63, 3.8) is 0 Å². The number of carbonyl (C=O) groups excluding carboxylic acids is 1. The zero-order chi connectivity index (χ0) is 10.7. The molecule has 3 atom stereocenters. The standard InChI is InChI=1S/C11H18O4/c1-2-13-11(12)8-3-4-9-10(7-8)15-6-5-14-9/h8-10H,2-7H2,1H3. The minimum absolute atomic E-state index is 0.00731. The average molecular weight is 214 g/mol. The van der Waals surface area contributed by atoms with Crippen LogP contribution in [-0.4, -0.2) is 38.0 Å². The van der Waals surface area contributed by atoms with E-state index in [1.54, 1.807) is 0 Å². The summed E-state index contributed by atoms with van der Waals surface area (Å²) in [6.07, 6.45) is 2.83. The number of esters is 1. The molecule has 0 aromatic carbocycles. The van der Waals surface area contributed by atoms with Gasteiger partial charge in [0.2, 0.25) is 0 Å². The average Bonchev–Trinajstić information content (AvgIpc) is 2.29. The van der Waals surface area contributed by atoms with Crippen molar-refractivity contribution < 1.29 is 19.0 Å². The van der Waals surface area contributed by atoms with Crippen LogP contribution in [0.1, 0.15) is 26.2 Å². The van der Waals surface area contributed by atoms with E-state index in [0.29, 0.717) is 19.8 Å². The molecule has 4 heteroatoms. The summed E-state index contributed by atoms with van der Waals surface area (Å²) in [6, 6.07) is 0. The summed E-state index contributed by atoms with van der Waals surface area (Å²) < 4.78 is 16.2. The van der Waals surface area contributed by atoms with Crippen molar-refractivity contribution in [2.24, 2.45) is 5.92 Å². The molecule has 0 radical (unpaired) electrons. The Labute approximate surface area is 89.9 Å². The van der Waals surface area contributed by atoms with Gasteiger partial charge >= 0.3 is 5.97 Å². The van der Waals surface area contributed by atoms with Crippen molar-refractivity contribution in [1.82, 2.24) is 0 Å². The third-order valence-corrected chi connectivity index (χ3v) is 3.10. The molecule has 2 rings (SSSR count). The van der Waals surface area contributed by atoms with Crippen LogP contribution in [0.15, 0.2) is 0 Å². The van der Waals surface area contributed by atoms with Crippen LogP contribution in [0, 0.1) is 5.92 Å². The van der Waals surface area contributed by atoms with Gasteiger partial charge in [0.05, 0.1) is 37.9 Å². The lowest BCUT2D eigenvalue weighted by Crippen LogP contribution is -2.44. The molecule has 15 heavy (non-hydrogen) atoms.